The molecule has 0 heterocycles. The molecule has 0 aliphatic rings. The molecule has 0 fully saturated rings. The third-order valence-electron chi connectivity index (χ3n) is 3.93. The zero-order chi connectivity index (χ0) is 18.1. The predicted molar refractivity (Wildman–Crippen MR) is 104 cm³/mol. The topological polar surface area (TPSA) is 81.5 Å². The van der Waals surface area contributed by atoms with Gasteiger partial charge in [-0.3, -0.25) is 4.79 Å². The van der Waals surface area contributed by atoms with Crippen molar-refractivity contribution >= 4 is 45.8 Å². The van der Waals surface area contributed by atoms with Crippen LogP contribution in [0.2, 0.25) is 10.0 Å². The second-order valence-electron chi connectivity index (χ2n) is 5.63. The summed E-state index contributed by atoms with van der Waals surface area (Å²) in [5.41, 5.74) is 13.8. The fourth-order valence-electron chi connectivity index (χ4n) is 2.79. The number of fused-ring (bicyclic) bond motifs is 1. The summed E-state index contributed by atoms with van der Waals surface area (Å²) >= 11 is 12.8. The van der Waals surface area contributed by atoms with Gasteiger partial charge in [0.05, 0.1) is 5.02 Å². The highest BCUT2D eigenvalue weighted by Crippen LogP contribution is 2.40. The summed E-state index contributed by atoms with van der Waals surface area (Å²) in [5, 5.41) is 2.59. The number of amides is 1. The van der Waals surface area contributed by atoms with Crippen LogP contribution >= 0.6 is 23.2 Å². The van der Waals surface area contributed by atoms with Crippen molar-refractivity contribution in [3.63, 3.8) is 0 Å². The molecule has 4 N–H and O–H groups in total. The van der Waals surface area contributed by atoms with E-state index in [0.717, 1.165) is 27.5 Å². The van der Waals surface area contributed by atoms with E-state index >= 15 is 0 Å². The van der Waals surface area contributed by atoms with Crippen molar-refractivity contribution in [3.05, 3.63) is 69.7 Å². The van der Waals surface area contributed by atoms with E-state index in [1.54, 1.807) is 24.3 Å². The van der Waals surface area contributed by atoms with Crippen LogP contribution in [0.25, 0.3) is 21.9 Å². The van der Waals surface area contributed by atoms with Crippen molar-refractivity contribution < 1.29 is 4.79 Å². The molecule has 6 heteroatoms. The molecule has 126 valence electrons. The lowest BCUT2D eigenvalue weighted by molar-refractivity contribution is 0.100. The number of hydrogen-bond acceptors (Lipinski definition) is 1. The van der Waals surface area contributed by atoms with Gasteiger partial charge in [0.25, 0.3) is 5.91 Å². The highest BCUT2D eigenvalue weighted by molar-refractivity contribution is 6.41. The van der Waals surface area contributed by atoms with Crippen LogP contribution in [0.15, 0.2) is 53.5 Å². The SMILES string of the molecule is Cc1ccccc1-c1c(Cl)cc(Cl)c2ccc(C(=O)N=C(N)N)cc12. The largest absolute Gasteiger partial charge is 0.370 e. The van der Waals surface area contributed by atoms with Gasteiger partial charge in [-0.25, -0.2) is 0 Å². The van der Waals surface area contributed by atoms with Crippen LogP contribution in [-0.4, -0.2) is 11.9 Å². The van der Waals surface area contributed by atoms with E-state index in [2.05, 4.69) is 4.99 Å². The summed E-state index contributed by atoms with van der Waals surface area (Å²) < 4.78 is 0. The first kappa shape index (κ1) is 17.3. The van der Waals surface area contributed by atoms with Crippen LogP contribution < -0.4 is 11.5 Å². The van der Waals surface area contributed by atoms with Gasteiger partial charge in [-0.2, -0.15) is 4.99 Å². The molecule has 3 aromatic carbocycles. The van der Waals surface area contributed by atoms with E-state index in [0.29, 0.717) is 15.6 Å². The van der Waals surface area contributed by atoms with Crippen LogP contribution in [0.1, 0.15) is 15.9 Å². The molecular weight excluding hydrogens is 357 g/mol. The lowest BCUT2D eigenvalue weighted by Gasteiger charge is -2.14. The monoisotopic (exact) mass is 371 g/mol. The number of nitrogens with zero attached hydrogens (tertiary/aromatic N) is 1. The Kier molecular flexibility index (Phi) is 4.66. The molecule has 0 aliphatic heterocycles. The standard InChI is InChI=1S/C19H15Cl2N3O/c1-10-4-2-3-5-12(10)17-14-8-11(18(25)24-19(22)23)6-7-13(14)15(20)9-16(17)21/h2-9H,1H3,(H4,22,23,24,25). The molecule has 1 amide bonds. The van der Waals surface area contributed by atoms with Gasteiger partial charge in [-0.15, -0.1) is 0 Å². The number of aliphatic imine (C=N–C) groups is 1. The Morgan fingerprint density at radius 1 is 0.960 bits per heavy atom. The average Bonchev–Trinajstić information content (AvgIpc) is 2.55. The highest BCUT2D eigenvalue weighted by Gasteiger charge is 2.16. The van der Waals surface area contributed by atoms with Gasteiger partial charge in [-0.05, 0) is 41.6 Å². The Morgan fingerprint density at radius 2 is 1.68 bits per heavy atom. The van der Waals surface area contributed by atoms with Gasteiger partial charge < -0.3 is 11.5 Å². The molecule has 25 heavy (non-hydrogen) atoms. The van der Waals surface area contributed by atoms with Crippen molar-refractivity contribution in [1.29, 1.82) is 0 Å². The lowest BCUT2D eigenvalue weighted by atomic mass is 9.94. The minimum absolute atomic E-state index is 0.284. The molecule has 3 aromatic rings. The minimum atomic E-state index is -0.520. The van der Waals surface area contributed by atoms with E-state index in [-0.39, 0.29) is 5.96 Å². The molecule has 0 saturated carbocycles. The van der Waals surface area contributed by atoms with E-state index in [9.17, 15) is 4.79 Å². The fraction of sp³-hybridized carbons (Fsp3) is 0.0526. The number of rotatable bonds is 2. The van der Waals surface area contributed by atoms with Crippen molar-refractivity contribution in [2.45, 2.75) is 6.92 Å². The quantitative estimate of drug-likeness (QED) is 0.512. The van der Waals surface area contributed by atoms with Gasteiger partial charge in [0.2, 0.25) is 0 Å². The predicted octanol–water partition coefficient (Wildman–Crippen LogP) is 4.54. The number of hydrogen-bond donors (Lipinski definition) is 2. The average molecular weight is 372 g/mol. The summed E-state index contributed by atoms with van der Waals surface area (Å²) in [6, 6.07) is 14.7. The molecule has 0 aliphatic carbocycles. The molecule has 0 spiro atoms. The molecule has 0 unspecified atom stereocenters. The summed E-state index contributed by atoms with van der Waals surface area (Å²) in [6.07, 6.45) is 0. The van der Waals surface area contributed by atoms with E-state index in [4.69, 9.17) is 34.7 Å². The van der Waals surface area contributed by atoms with Crippen molar-refractivity contribution in [3.8, 4) is 11.1 Å². The number of carbonyl (C=O) groups is 1. The van der Waals surface area contributed by atoms with Gasteiger partial charge in [0, 0.05) is 21.5 Å². The Bertz CT molecular complexity index is 1020. The van der Waals surface area contributed by atoms with Gasteiger partial charge in [0.15, 0.2) is 5.96 Å². The van der Waals surface area contributed by atoms with E-state index < -0.39 is 5.91 Å². The van der Waals surface area contributed by atoms with Crippen LogP contribution in [0.4, 0.5) is 0 Å². The Hall–Kier alpha value is -2.56. The second-order valence-corrected chi connectivity index (χ2v) is 6.45. The van der Waals surface area contributed by atoms with Gasteiger partial charge in [0.1, 0.15) is 0 Å². The van der Waals surface area contributed by atoms with Crippen LogP contribution in [-0.2, 0) is 0 Å². The van der Waals surface area contributed by atoms with Gasteiger partial charge >= 0.3 is 0 Å². The Balaban J connectivity index is 2.34. The summed E-state index contributed by atoms with van der Waals surface area (Å²) in [6.45, 7) is 2.00. The molecule has 3 rings (SSSR count). The number of benzene rings is 3. The number of carbonyl (C=O) groups excluding carboxylic acids is 1. The first-order chi connectivity index (χ1) is 11.9. The smallest absolute Gasteiger partial charge is 0.280 e. The summed E-state index contributed by atoms with van der Waals surface area (Å²) in [4.78, 5) is 15.8. The second kappa shape index (κ2) is 6.75. The first-order valence-corrected chi connectivity index (χ1v) is 8.26. The third kappa shape index (κ3) is 3.31. The zero-order valence-corrected chi connectivity index (χ0v) is 14.9. The maximum atomic E-state index is 12.2. The van der Waals surface area contributed by atoms with Crippen LogP contribution in [0.5, 0.6) is 0 Å². The minimum Gasteiger partial charge on any atom is -0.370 e. The summed E-state index contributed by atoms with van der Waals surface area (Å²) in [5.74, 6) is -0.804. The lowest BCUT2D eigenvalue weighted by Crippen LogP contribution is -2.24. The molecule has 0 radical (unpaired) electrons. The molecule has 0 aromatic heterocycles. The van der Waals surface area contributed by atoms with Gasteiger partial charge in [-0.1, -0.05) is 53.5 Å². The number of halogens is 2. The zero-order valence-electron chi connectivity index (χ0n) is 13.4. The molecule has 0 atom stereocenters. The maximum Gasteiger partial charge on any atom is 0.280 e. The van der Waals surface area contributed by atoms with Crippen molar-refractivity contribution in [1.82, 2.24) is 0 Å². The number of aryl methyl sites for hydroxylation is 1. The fourth-order valence-corrected chi connectivity index (χ4v) is 3.43. The molecule has 0 bridgehead atoms. The number of nitrogens with two attached hydrogens (primary N) is 2. The molecule has 4 nitrogen and oxygen atoms in total. The van der Waals surface area contributed by atoms with Crippen LogP contribution in [0, 0.1) is 6.92 Å². The highest BCUT2D eigenvalue weighted by atomic mass is 35.5. The molecule has 0 saturated heterocycles. The molecular formula is C19H15Cl2N3O. The van der Waals surface area contributed by atoms with Crippen molar-refractivity contribution in [2.75, 3.05) is 0 Å². The Morgan fingerprint density at radius 3 is 2.36 bits per heavy atom. The summed E-state index contributed by atoms with van der Waals surface area (Å²) in [7, 11) is 0. The van der Waals surface area contributed by atoms with E-state index in [1.807, 2.05) is 31.2 Å². The third-order valence-corrected chi connectivity index (χ3v) is 4.54. The Labute approximate surface area is 155 Å². The maximum absolute atomic E-state index is 12.2. The normalized spacial score (nSPS) is 10.7. The van der Waals surface area contributed by atoms with Crippen LogP contribution in [0.3, 0.4) is 0 Å². The van der Waals surface area contributed by atoms with E-state index in [1.165, 1.54) is 0 Å². The first-order valence-electron chi connectivity index (χ1n) is 7.50. The van der Waals surface area contributed by atoms with Crippen molar-refractivity contribution in [2.24, 2.45) is 16.5 Å². The number of guanidine groups is 1.